The number of anilines is 1. The molecule has 0 aliphatic heterocycles. The summed E-state index contributed by atoms with van der Waals surface area (Å²) in [6.45, 7) is 3.71. The molecule has 0 saturated heterocycles. The predicted octanol–water partition coefficient (Wildman–Crippen LogP) is 1.60. The van der Waals surface area contributed by atoms with E-state index >= 15 is 0 Å². The van der Waals surface area contributed by atoms with Crippen LogP contribution in [0.1, 0.15) is 13.8 Å². The second-order valence-electron chi connectivity index (χ2n) is 3.42. The van der Waals surface area contributed by atoms with Crippen LogP contribution < -0.4 is 5.32 Å². The fourth-order valence-corrected chi connectivity index (χ4v) is 1.12. The standard InChI is InChI=1S/C10H14N2O2/c1-7(2)9(10(13)14)12-8-5-3-4-6-11-8/h3-7,9H,1-2H3,(H,11,12)(H,13,14). The lowest BCUT2D eigenvalue weighted by atomic mass is 10.1. The first kappa shape index (κ1) is 10.5. The molecule has 0 fully saturated rings. The molecule has 1 heterocycles. The average Bonchev–Trinajstić information content (AvgIpc) is 2.15. The van der Waals surface area contributed by atoms with Gasteiger partial charge in [0, 0.05) is 6.20 Å². The molecule has 0 spiro atoms. The summed E-state index contributed by atoms with van der Waals surface area (Å²) in [6, 6.07) is 4.76. The van der Waals surface area contributed by atoms with Crippen molar-refractivity contribution in [3.05, 3.63) is 24.4 Å². The average molecular weight is 194 g/mol. The van der Waals surface area contributed by atoms with Gasteiger partial charge < -0.3 is 10.4 Å². The van der Waals surface area contributed by atoms with Gasteiger partial charge in [0.15, 0.2) is 0 Å². The number of carbonyl (C=O) groups is 1. The predicted molar refractivity (Wildman–Crippen MR) is 54.1 cm³/mol. The number of pyridine rings is 1. The largest absolute Gasteiger partial charge is 0.480 e. The van der Waals surface area contributed by atoms with Crippen molar-refractivity contribution >= 4 is 11.8 Å². The number of hydrogen-bond donors (Lipinski definition) is 2. The van der Waals surface area contributed by atoms with Gasteiger partial charge >= 0.3 is 5.97 Å². The van der Waals surface area contributed by atoms with Crippen molar-refractivity contribution in [2.75, 3.05) is 5.32 Å². The molecular weight excluding hydrogens is 180 g/mol. The lowest BCUT2D eigenvalue weighted by Crippen LogP contribution is -2.34. The van der Waals surface area contributed by atoms with E-state index in [9.17, 15) is 4.79 Å². The van der Waals surface area contributed by atoms with E-state index in [0.717, 1.165) is 0 Å². The van der Waals surface area contributed by atoms with Gasteiger partial charge in [-0.05, 0) is 18.1 Å². The number of aliphatic carboxylic acids is 1. The van der Waals surface area contributed by atoms with E-state index in [0.29, 0.717) is 5.82 Å². The summed E-state index contributed by atoms with van der Waals surface area (Å²) in [5.41, 5.74) is 0. The number of nitrogens with one attached hydrogen (secondary N) is 1. The highest BCUT2D eigenvalue weighted by Crippen LogP contribution is 2.09. The van der Waals surface area contributed by atoms with Gasteiger partial charge in [0.1, 0.15) is 11.9 Å². The number of carboxylic acids is 1. The molecule has 1 rings (SSSR count). The minimum Gasteiger partial charge on any atom is -0.480 e. The van der Waals surface area contributed by atoms with Gasteiger partial charge in [-0.1, -0.05) is 19.9 Å². The van der Waals surface area contributed by atoms with Crippen LogP contribution in [0.5, 0.6) is 0 Å². The first-order chi connectivity index (χ1) is 6.61. The van der Waals surface area contributed by atoms with Crippen molar-refractivity contribution in [2.24, 2.45) is 5.92 Å². The highest BCUT2D eigenvalue weighted by atomic mass is 16.4. The van der Waals surface area contributed by atoms with E-state index in [1.54, 1.807) is 18.3 Å². The molecule has 1 unspecified atom stereocenters. The molecule has 0 bridgehead atoms. The molecule has 14 heavy (non-hydrogen) atoms. The van der Waals surface area contributed by atoms with Crippen LogP contribution in [-0.4, -0.2) is 22.1 Å². The van der Waals surface area contributed by atoms with Gasteiger partial charge in [-0.15, -0.1) is 0 Å². The van der Waals surface area contributed by atoms with Crippen molar-refractivity contribution in [3.63, 3.8) is 0 Å². The van der Waals surface area contributed by atoms with Crippen LogP contribution in [0.15, 0.2) is 24.4 Å². The molecule has 0 saturated carbocycles. The Hall–Kier alpha value is -1.58. The lowest BCUT2D eigenvalue weighted by molar-refractivity contribution is -0.138. The minimum absolute atomic E-state index is 0.0227. The Labute approximate surface area is 83.0 Å². The quantitative estimate of drug-likeness (QED) is 0.764. The Morgan fingerprint density at radius 2 is 2.21 bits per heavy atom. The zero-order valence-corrected chi connectivity index (χ0v) is 8.27. The molecule has 4 nitrogen and oxygen atoms in total. The van der Waals surface area contributed by atoms with Crippen LogP contribution in [0.4, 0.5) is 5.82 Å². The normalized spacial score (nSPS) is 12.5. The summed E-state index contributed by atoms with van der Waals surface area (Å²) >= 11 is 0. The molecule has 1 aromatic rings. The zero-order chi connectivity index (χ0) is 10.6. The van der Waals surface area contributed by atoms with Crippen LogP contribution in [0.25, 0.3) is 0 Å². The molecule has 0 aliphatic carbocycles. The molecule has 0 aliphatic rings. The second kappa shape index (κ2) is 4.60. The monoisotopic (exact) mass is 194 g/mol. The molecule has 1 atom stereocenters. The maximum absolute atomic E-state index is 10.9. The maximum atomic E-state index is 10.9. The highest BCUT2D eigenvalue weighted by molar-refractivity contribution is 5.77. The van der Waals surface area contributed by atoms with E-state index in [-0.39, 0.29) is 5.92 Å². The van der Waals surface area contributed by atoms with Crippen molar-refractivity contribution in [1.29, 1.82) is 0 Å². The van der Waals surface area contributed by atoms with Crippen molar-refractivity contribution < 1.29 is 9.90 Å². The number of aromatic nitrogens is 1. The fourth-order valence-electron chi connectivity index (χ4n) is 1.12. The van der Waals surface area contributed by atoms with Gasteiger partial charge in [0.2, 0.25) is 0 Å². The van der Waals surface area contributed by atoms with Crippen LogP contribution in [0.2, 0.25) is 0 Å². The molecule has 0 aromatic carbocycles. The van der Waals surface area contributed by atoms with Crippen LogP contribution >= 0.6 is 0 Å². The Balaban J connectivity index is 2.70. The summed E-state index contributed by atoms with van der Waals surface area (Å²) in [4.78, 5) is 14.9. The van der Waals surface area contributed by atoms with Crippen LogP contribution in [0, 0.1) is 5.92 Å². The summed E-state index contributed by atoms with van der Waals surface area (Å²) in [5, 5.41) is 11.8. The first-order valence-electron chi connectivity index (χ1n) is 4.51. The van der Waals surface area contributed by atoms with E-state index in [2.05, 4.69) is 10.3 Å². The smallest absolute Gasteiger partial charge is 0.326 e. The van der Waals surface area contributed by atoms with Gasteiger partial charge in [0.05, 0.1) is 0 Å². The summed E-state index contributed by atoms with van der Waals surface area (Å²) < 4.78 is 0. The van der Waals surface area contributed by atoms with E-state index < -0.39 is 12.0 Å². The Bertz CT molecular complexity index is 298. The fraction of sp³-hybridized carbons (Fsp3) is 0.400. The third kappa shape index (κ3) is 2.73. The SMILES string of the molecule is CC(C)C(Nc1ccccn1)C(=O)O. The lowest BCUT2D eigenvalue weighted by Gasteiger charge is -2.18. The first-order valence-corrected chi connectivity index (χ1v) is 4.51. The van der Waals surface area contributed by atoms with Crippen LogP contribution in [0.3, 0.4) is 0 Å². The van der Waals surface area contributed by atoms with E-state index in [4.69, 9.17) is 5.11 Å². The number of carboxylic acid groups (broad SMARTS) is 1. The van der Waals surface area contributed by atoms with Crippen molar-refractivity contribution in [2.45, 2.75) is 19.9 Å². The topological polar surface area (TPSA) is 62.2 Å². The molecule has 0 amide bonds. The Kier molecular flexibility index (Phi) is 3.45. The van der Waals surface area contributed by atoms with Gasteiger partial charge in [-0.25, -0.2) is 9.78 Å². The number of rotatable bonds is 4. The number of hydrogen-bond acceptors (Lipinski definition) is 3. The molecule has 4 heteroatoms. The third-order valence-corrected chi connectivity index (χ3v) is 1.90. The summed E-state index contributed by atoms with van der Waals surface area (Å²) in [7, 11) is 0. The Morgan fingerprint density at radius 1 is 1.50 bits per heavy atom. The molecule has 1 aromatic heterocycles. The van der Waals surface area contributed by atoms with E-state index in [1.165, 1.54) is 0 Å². The molecule has 2 N–H and O–H groups in total. The summed E-state index contributed by atoms with van der Waals surface area (Å²) in [6.07, 6.45) is 1.63. The molecule has 0 radical (unpaired) electrons. The Morgan fingerprint density at radius 3 is 2.64 bits per heavy atom. The highest BCUT2D eigenvalue weighted by Gasteiger charge is 2.20. The van der Waals surface area contributed by atoms with Crippen molar-refractivity contribution in [1.82, 2.24) is 4.98 Å². The van der Waals surface area contributed by atoms with Gasteiger partial charge in [0.25, 0.3) is 0 Å². The zero-order valence-electron chi connectivity index (χ0n) is 8.27. The number of nitrogens with zero attached hydrogens (tertiary/aromatic N) is 1. The van der Waals surface area contributed by atoms with E-state index in [1.807, 2.05) is 19.9 Å². The third-order valence-electron chi connectivity index (χ3n) is 1.90. The summed E-state index contributed by atoms with van der Waals surface area (Å²) in [5.74, 6) is -0.242. The van der Waals surface area contributed by atoms with Crippen LogP contribution in [-0.2, 0) is 4.79 Å². The molecular formula is C10H14N2O2. The maximum Gasteiger partial charge on any atom is 0.326 e. The second-order valence-corrected chi connectivity index (χ2v) is 3.42. The minimum atomic E-state index is -0.856. The molecule has 76 valence electrons. The van der Waals surface area contributed by atoms with Gasteiger partial charge in [-0.3, -0.25) is 0 Å². The van der Waals surface area contributed by atoms with Gasteiger partial charge in [-0.2, -0.15) is 0 Å². The van der Waals surface area contributed by atoms with Crippen molar-refractivity contribution in [3.8, 4) is 0 Å².